The van der Waals surface area contributed by atoms with Crippen LogP contribution in [-0.2, 0) is 13.1 Å². The van der Waals surface area contributed by atoms with E-state index < -0.39 is 0 Å². The fraction of sp³-hybridized carbons (Fsp3) is 0.333. The van der Waals surface area contributed by atoms with Gasteiger partial charge in [-0.3, -0.25) is 4.79 Å². The van der Waals surface area contributed by atoms with E-state index in [1.807, 2.05) is 38.1 Å². The summed E-state index contributed by atoms with van der Waals surface area (Å²) in [4.78, 5) is 16.7. The number of amides is 1. The predicted octanol–water partition coefficient (Wildman–Crippen LogP) is 2.90. The van der Waals surface area contributed by atoms with Crippen molar-refractivity contribution >= 4 is 35.8 Å². The second-order valence-electron chi connectivity index (χ2n) is 5.19. The number of hydrogen-bond acceptors (Lipinski definition) is 3. The highest BCUT2D eigenvalue weighted by Crippen LogP contribution is 2.07. The summed E-state index contributed by atoms with van der Waals surface area (Å²) in [5.74, 6) is 1.37. The lowest BCUT2D eigenvalue weighted by atomic mass is 10.1. The highest BCUT2D eigenvalue weighted by atomic mass is 127. The normalized spacial score (nSPS) is 9.68. The number of furan rings is 1. The van der Waals surface area contributed by atoms with Crippen molar-refractivity contribution in [2.24, 2.45) is 4.99 Å². The molecule has 0 fully saturated rings. The molecule has 136 valence electrons. The smallest absolute Gasteiger partial charge is 0.251 e. The van der Waals surface area contributed by atoms with E-state index in [4.69, 9.17) is 4.42 Å². The van der Waals surface area contributed by atoms with E-state index in [9.17, 15) is 4.79 Å². The van der Waals surface area contributed by atoms with Gasteiger partial charge < -0.3 is 20.4 Å². The number of nitrogens with one attached hydrogen (secondary N) is 3. The highest BCUT2D eigenvalue weighted by molar-refractivity contribution is 14.0. The molecule has 0 unspecified atom stereocenters. The molecule has 7 heteroatoms. The number of carbonyl (C=O) groups is 1. The Bertz CT molecular complexity index is 663. The third-order valence-corrected chi connectivity index (χ3v) is 3.30. The van der Waals surface area contributed by atoms with Gasteiger partial charge in [0.2, 0.25) is 0 Å². The van der Waals surface area contributed by atoms with Crippen molar-refractivity contribution in [3.05, 3.63) is 59.5 Å². The molecule has 3 N–H and O–H groups in total. The van der Waals surface area contributed by atoms with Crippen LogP contribution in [0.2, 0.25) is 0 Å². The molecular weight excluding hydrogens is 431 g/mol. The van der Waals surface area contributed by atoms with Gasteiger partial charge in [0, 0.05) is 18.7 Å². The van der Waals surface area contributed by atoms with Crippen molar-refractivity contribution in [3.8, 4) is 0 Å². The number of rotatable bonds is 7. The zero-order chi connectivity index (χ0) is 17.2. The first kappa shape index (κ1) is 21.0. The molecule has 1 amide bonds. The van der Waals surface area contributed by atoms with Crippen molar-refractivity contribution in [2.45, 2.75) is 26.9 Å². The number of aliphatic imine (C=N–C) groups is 1. The number of halogens is 1. The van der Waals surface area contributed by atoms with E-state index in [2.05, 4.69) is 20.9 Å². The standard InChI is InChI=1S/C18H24N4O2.HI/c1-3-19-18(20-4-2)22-12-14-7-5-8-15(11-14)17(23)21-13-16-9-6-10-24-16;/h5-11H,3-4,12-13H2,1-2H3,(H,21,23)(H2,19,20,22);1H. The zero-order valence-electron chi connectivity index (χ0n) is 14.5. The summed E-state index contributed by atoms with van der Waals surface area (Å²) in [7, 11) is 0. The minimum absolute atomic E-state index is 0. The summed E-state index contributed by atoms with van der Waals surface area (Å²) in [6.07, 6.45) is 1.59. The zero-order valence-corrected chi connectivity index (χ0v) is 16.9. The molecule has 0 bridgehead atoms. The Kier molecular flexibility index (Phi) is 9.68. The average Bonchev–Trinajstić information content (AvgIpc) is 3.12. The van der Waals surface area contributed by atoms with Crippen LogP contribution in [0.5, 0.6) is 0 Å². The molecule has 2 rings (SSSR count). The van der Waals surface area contributed by atoms with Gasteiger partial charge in [-0.1, -0.05) is 12.1 Å². The summed E-state index contributed by atoms with van der Waals surface area (Å²) in [6, 6.07) is 11.1. The fourth-order valence-electron chi connectivity index (χ4n) is 2.17. The monoisotopic (exact) mass is 456 g/mol. The van der Waals surface area contributed by atoms with Gasteiger partial charge in [0.1, 0.15) is 5.76 Å². The molecule has 0 saturated carbocycles. The Hall–Kier alpha value is -2.03. The van der Waals surface area contributed by atoms with Crippen molar-refractivity contribution in [1.82, 2.24) is 16.0 Å². The van der Waals surface area contributed by atoms with E-state index >= 15 is 0 Å². The number of carbonyl (C=O) groups excluding carboxylic acids is 1. The van der Waals surface area contributed by atoms with E-state index in [0.717, 1.165) is 30.4 Å². The van der Waals surface area contributed by atoms with Crippen molar-refractivity contribution < 1.29 is 9.21 Å². The summed E-state index contributed by atoms with van der Waals surface area (Å²) >= 11 is 0. The van der Waals surface area contributed by atoms with Crippen LogP contribution in [0.1, 0.15) is 35.5 Å². The maximum atomic E-state index is 12.2. The van der Waals surface area contributed by atoms with Crippen LogP contribution in [0.15, 0.2) is 52.1 Å². The van der Waals surface area contributed by atoms with Crippen LogP contribution >= 0.6 is 24.0 Å². The lowest BCUT2D eigenvalue weighted by Gasteiger charge is -2.09. The number of hydrogen-bond donors (Lipinski definition) is 3. The minimum atomic E-state index is -0.129. The first-order valence-corrected chi connectivity index (χ1v) is 8.14. The maximum absolute atomic E-state index is 12.2. The Balaban J connectivity index is 0.00000312. The van der Waals surface area contributed by atoms with Crippen LogP contribution in [0.25, 0.3) is 0 Å². The van der Waals surface area contributed by atoms with E-state index in [-0.39, 0.29) is 29.9 Å². The average molecular weight is 456 g/mol. The summed E-state index contributed by atoms with van der Waals surface area (Å²) in [6.45, 7) is 6.55. The lowest BCUT2D eigenvalue weighted by Crippen LogP contribution is -2.36. The topological polar surface area (TPSA) is 78.7 Å². The van der Waals surface area contributed by atoms with Gasteiger partial charge in [-0.15, -0.1) is 24.0 Å². The second kappa shape index (κ2) is 11.5. The van der Waals surface area contributed by atoms with Gasteiger partial charge in [-0.2, -0.15) is 0 Å². The Labute approximate surface area is 165 Å². The third kappa shape index (κ3) is 7.16. The third-order valence-electron chi connectivity index (χ3n) is 3.30. The van der Waals surface area contributed by atoms with Crippen molar-refractivity contribution in [2.75, 3.05) is 13.1 Å². The molecule has 6 nitrogen and oxygen atoms in total. The molecular formula is C18H25IN4O2. The van der Waals surface area contributed by atoms with E-state index in [1.165, 1.54) is 0 Å². The summed E-state index contributed by atoms with van der Waals surface area (Å²) in [5.41, 5.74) is 1.59. The number of nitrogens with zero attached hydrogens (tertiary/aromatic N) is 1. The summed E-state index contributed by atoms with van der Waals surface area (Å²) in [5, 5.41) is 9.19. The molecule has 0 atom stereocenters. The number of guanidine groups is 1. The first-order chi connectivity index (χ1) is 11.7. The lowest BCUT2D eigenvalue weighted by molar-refractivity contribution is 0.0948. The maximum Gasteiger partial charge on any atom is 0.251 e. The molecule has 0 spiro atoms. The van der Waals surface area contributed by atoms with Crippen molar-refractivity contribution in [3.63, 3.8) is 0 Å². The van der Waals surface area contributed by atoms with Gasteiger partial charge in [-0.25, -0.2) is 4.99 Å². The molecule has 0 aliphatic carbocycles. The molecule has 0 aliphatic heterocycles. The molecule has 25 heavy (non-hydrogen) atoms. The van der Waals surface area contributed by atoms with Crippen LogP contribution in [0.3, 0.4) is 0 Å². The Morgan fingerprint density at radius 2 is 1.84 bits per heavy atom. The van der Waals surface area contributed by atoms with E-state index in [0.29, 0.717) is 18.7 Å². The van der Waals surface area contributed by atoms with Crippen LogP contribution in [-0.4, -0.2) is 25.0 Å². The second-order valence-corrected chi connectivity index (χ2v) is 5.19. The number of benzene rings is 1. The predicted molar refractivity (Wildman–Crippen MR) is 110 cm³/mol. The molecule has 1 aromatic carbocycles. The van der Waals surface area contributed by atoms with Crippen LogP contribution in [0, 0.1) is 0 Å². The van der Waals surface area contributed by atoms with Crippen LogP contribution < -0.4 is 16.0 Å². The minimum Gasteiger partial charge on any atom is -0.467 e. The molecule has 1 aromatic heterocycles. The Morgan fingerprint density at radius 3 is 2.48 bits per heavy atom. The molecule has 0 saturated heterocycles. The first-order valence-electron chi connectivity index (χ1n) is 8.14. The summed E-state index contributed by atoms with van der Waals surface area (Å²) < 4.78 is 5.21. The molecule has 0 aliphatic rings. The van der Waals surface area contributed by atoms with Gasteiger partial charge in [0.05, 0.1) is 19.4 Å². The van der Waals surface area contributed by atoms with Gasteiger partial charge in [0.25, 0.3) is 5.91 Å². The fourth-order valence-corrected chi connectivity index (χ4v) is 2.17. The molecule has 2 aromatic rings. The quantitative estimate of drug-likeness (QED) is 0.340. The van der Waals surface area contributed by atoms with Gasteiger partial charge >= 0.3 is 0 Å². The van der Waals surface area contributed by atoms with Gasteiger partial charge in [0.15, 0.2) is 5.96 Å². The van der Waals surface area contributed by atoms with Gasteiger partial charge in [-0.05, 0) is 43.7 Å². The highest BCUT2D eigenvalue weighted by Gasteiger charge is 2.07. The molecule has 0 radical (unpaired) electrons. The van der Waals surface area contributed by atoms with E-state index in [1.54, 1.807) is 18.4 Å². The van der Waals surface area contributed by atoms with Crippen molar-refractivity contribution in [1.29, 1.82) is 0 Å². The SMILES string of the molecule is CCNC(=NCc1cccc(C(=O)NCc2ccco2)c1)NCC.I. The largest absolute Gasteiger partial charge is 0.467 e. The van der Waals surface area contributed by atoms with Crippen LogP contribution in [0.4, 0.5) is 0 Å². The molecule has 1 heterocycles. The Morgan fingerprint density at radius 1 is 1.08 bits per heavy atom.